The van der Waals surface area contributed by atoms with Gasteiger partial charge in [0.2, 0.25) is 15.9 Å². The van der Waals surface area contributed by atoms with Crippen molar-refractivity contribution < 1.29 is 13.2 Å². The molecular weight excluding hydrogens is 336 g/mol. The first-order chi connectivity index (χ1) is 11.9. The molecule has 1 N–H and O–H groups in total. The van der Waals surface area contributed by atoms with Crippen molar-refractivity contribution in [2.45, 2.75) is 37.6 Å². The second kappa shape index (κ2) is 6.98. The third kappa shape index (κ3) is 3.91. The molecule has 1 aliphatic rings. The van der Waals surface area contributed by atoms with E-state index in [0.717, 1.165) is 23.2 Å². The Morgan fingerprint density at radius 2 is 1.68 bits per heavy atom. The van der Waals surface area contributed by atoms with Crippen molar-refractivity contribution in [2.24, 2.45) is 0 Å². The Morgan fingerprint density at radius 3 is 2.24 bits per heavy atom. The van der Waals surface area contributed by atoms with Gasteiger partial charge in [-0.05, 0) is 50.1 Å². The minimum atomic E-state index is -3.63. The van der Waals surface area contributed by atoms with Gasteiger partial charge < -0.3 is 4.90 Å². The maximum Gasteiger partial charge on any atom is 0.241 e. The molecule has 1 aliphatic heterocycles. The van der Waals surface area contributed by atoms with E-state index in [1.54, 1.807) is 29.2 Å². The molecule has 2 aromatic rings. The van der Waals surface area contributed by atoms with Crippen molar-refractivity contribution in [3.05, 3.63) is 59.7 Å². The maximum absolute atomic E-state index is 12.6. The number of amides is 1. The van der Waals surface area contributed by atoms with Crippen LogP contribution in [0.5, 0.6) is 0 Å². The topological polar surface area (TPSA) is 66.5 Å². The Labute approximate surface area is 148 Å². The minimum Gasteiger partial charge on any atom is -0.312 e. The van der Waals surface area contributed by atoms with Crippen molar-refractivity contribution in [3.63, 3.8) is 0 Å². The molecule has 0 radical (unpaired) electrons. The van der Waals surface area contributed by atoms with Gasteiger partial charge >= 0.3 is 0 Å². The summed E-state index contributed by atoms with van der Waals surface area (Å²) < 4.78 is 27.9. The first kappa shape index (κ1) is 17.6. The van der Waals surface area contributed by atoms with Gasteiger partial charge in [0.1, 0.15) is 0 Å². The van der Waals surface area contributed by atoms with Gasteiger partial charge in [0.05, 0.1) is 4.90 Å². The van der Waals surface area contributed by atoms with Crippen LogP contribution in [0.4, 0.5) is 5.69 Å². The summed E-state index contributed by atoms with van der Waals surface area (Å²) in [7, 11) is -3.63. The molecule has 6 heteroatoms. The van der Waals surface area contributed by atoms with Crippen LogP contribution >= 0.6 is 0 Å². The van der Waals surface area contributed by atoms with Crippen molar-refractivity contribution in [1.82, 2.24) is 4.72 Å². The fourth-order valence-corrected chi connectivity index (χ4v) is 4.18. The van der Waals surface area contributed by atoms with E-state index >= 15 is 0 Å². The van der Waals surface area contributed by atoms with Crippen LogP contribution in [0.25, 0.3) is 0 Å². The summed E-state index contributed by atoms with van der Waals surface area (Å²) in [5.74, 6) is 0.0849. The molecule has 0 aromatic heterocycles. The quantitative estimate of drug-likeness (QED) is 0.893. The smallest absolute Gasteiger partial charge is 0.241 e. The summed E-state index contributed by atoms with van der Waals surface area (Å²) in [5.41, 5.74) is 2.78. The second-order valence-electron chi connectivity index (χ2n) is 6.40. The molecule has 1 heterocycles. The normalized spacial score (nSPS) is 16.2. The number of nitrogens with one attached hydrogen (secondary N) is 1. The fraction of sp³-hybridized carbons (Fsp3) is 0.316. The molecule has 0 bridgehead atoms. The molecule has 0 unspecified atom stereocenters. The summed E-state index contributed by atoms with van der Waals surface area (Å²) in [6.07, 6.45) is 1.39. The Hall–Kier alpha value is -2.18. The highest BCUT2D eigenvalue weighted by Crippen LogP contribution is 2.24. The summed E-state index contributed by atoms with van der Waals surface area (Å²) in [6.45, 7) is 4.50. The predicted molar refractivity (Wildman–Crippen MR) is 97.9 cm³/mol. The third-order valence-corrected chi connectivity index (χ3v) is 6.00. The number of carbonyl (C=O) groups is 1. The van der Waals surface area contributed by atoms with Gasteiger partial charge in [0.25, 0.3) is 0 Å². The number of aryl methyl sites for hydroxylation is 1. The van der Waals surface area contributed by atoms with E-state index in [0.29, 0.717) is 13.0 Å². The van der Waals surface area contributed by atoms with Crippen LogP contribution in [-0.4, -0.2) is 20.9 Å². The molecule has 3 rings (SSSR count). The van der Waals surface area contributed by atoms with E-state index in [-0.39, 0.29) is 16.8 Å². The molecule has 1 saturated heterocycles. The predicted octanol–water partition coefficient (Wildman–Crippen LogP) is 3.16. The fourth-order valence-electron chi connectivity index (χ4n) is 2.95. The van der Waals surface area contributed by atoms with E-state index in [1.165, 1.54) is 0 Å². The van der Waals surface area contributed by atoms with E-state index < -0.39 is 10.0 Å². The van der Waals surface area contributed by atoms with Gasteiger partial charge in [-0.3, -0.25) is 4.79 Å². The second-order valence-corrected chi connectivity index (χ2v) is 8.11. The SMILES string of the molecule is Cc1ccc([C@@H](C)NS(=O)(=O)c2ccc(N3CCCC3=O)cc2)cc1. The number of anilines is 1. The highest BCUT2D eigenvalue weighted by Gasteiger charge is 2.23. The lowest BCUT2D eigenvalue weighted by Gasteiger charge is -2.17. The number of carbonyl (C=O) groups excluding carboxylic acids is 1. The van der Waals surface area contributed by atoms with Crippen LogP contribution in [0.1, 0.15) is 36.9 Å². The summed E-state index contributed by atoms with van der Waals surface area (Å²) in [4.78, 5) is 13.7. The minimum absolute atomic E-state index is 0.0849. The number of rotatable bonds is 5. The summed E-state index contributed by atoms with van der Waals surface area (Å²) in [5, 5.41) is 0. The van der Waals surface area contributed by atoms with E-state index in [1.807, 2.05) is 38.1 Å². The molecule has 0 saturated carbocycles. The monoisotopic (exact) mass is 358 g/mol. The number of hydrogen-bond donors (Lipinski definition) is 1. The van der Waals surface area contributed by atoms with Crippen molar-refractivity contribution >= 4 is 21.6 Å². The molecule has 1 fully saturated rings. The zero-order valence-corrected chi connectivity index (χ0v) is 15.2. The van der Waals surface area contributed by atoms with Crippen molar-refractivity contribution in [3.8, 4) is 0 Å². The number of sulfonamides is 1. The lowest BCUT2D eigenvalue weighted by atomic mass is 10.1. The number of hydrogen-bond acceptors (Lipinski definition) is 3. The highest BCUT2D eigenvalue weighted by molar-refractivity contribution is 7.89. The standard InChI is InChI=1S/C19H22N2O3S/c1-14-5-7-16(8-6-14)15(2)20-25(23,24)18-11-9-17(10-12-18)21-13-3-4-19(21)22/h5-12,15,20H,3-4,13H2,1-2H3/t15-/m1/s1. The third-order valence-electron chi connectivity index (χ3n) is 4.44. The van der Waals surface area contributed by atoms with Gasteiger partial charge in [0.15, 0.2) is 0 Å². The largest absolute Gasteiger partial charge is 0.312 e. The van der Waals surface area contributed by atoms with Crippen LogP contribution in [0, 0.1) is 6.92 Å². The lowest BCUT2D eigenvalue weighted by molar-refractivity contribution is -0.117. The van der Waals surface area contributed by atoms with E-state index in [2.05, 4.69) is 4.72 Å². The number of nitrogens with zero attached hydrogens (tertiary/aromatic N) is 1. The molecule has 1 amide bonds. The van der Waals surface area contributed by atoms with Crippen LogP contribution < -0.4 is 9.62 Å². The molecule has 132 valence electrons. The zero-order chi connectivity index (χ0) is 18.0. The summed E-state index contributed by atoms with van der Waals surface area (Å²) in [6, 6.07) is 13.9. The van der Waals surface area contributed by atoms with Gasteiger partial charge in [-0.15, -0.1) is 0 Å². The summed E-state index contributed by atoms with van der Waals surface area (Å²) >= 11 is 0. The first-order valence-corrected chi connectivity index (χ1v) is 9.84. The van der Waals surface area contributed by atoms with Crippen LogP contribution in [0.2, 0.25) is 0 Å². The van der Waals surface area contributed by atoms with Gasteiger partial charge in [-0.25, -0.2) is 13.1 Å². The van der Waals surface area contributed by atoms with Crippen molar-refractivity contribution in [2.75, 3.05) is 11.4 Å². The zero-order valence-electron chi connectivity index (χ0n) is 14.4. The van der Waals surface area contributed by atoms with Crippen molar-refractivity contribution in [1.29, 1.82) is 0 Å². The Morgan fingerprint density at radius 1 is 1.04 bits per heavy atom. The highest BCUT2D eigenvalue weighted by atomic mass is 32.2. The molecule has 1 atom stereocenters. The Bertz CT molecular complexity index is 859. The lowest BCUT2D eigenvalue weighted by Crippen LogP contribution is -2.27. The van der Waals surface area contributed by atoms with E-state index in [9.17, 15) is 13.2 Å². The maximum atomic E-state index is 12.6. The average molecular weight is 358 g/mol. The first-order valence-electron chi connectivity index (χ1n) is 8.36. The van der Waals surface area contributed by atoms with Crippen LogP contribution in [0.15, 0.2) is 53.4 Å². The molecular formula is C19H22N2O3S. The molecule has 5 nitrogen and oxygen atoms in total. The van der Waals surface area contributed by atoms with E-state index in [4.69, 9.17) is 0 Å². The van der Waals surface area contributed by atoms with Gasteiger partial charge in [0, 0.05) is 24.7 Å². The molecule has 2 aromatic carbocycles. The Balaban J connectivity index is 1.75. The van der Waals surface area contributed by atoms with Gasteiger partial charge in [-0.2, -0.15) is 0 Å². The number of benzene rings is 2. The molecule has 0 spiro atoms. The van der Waals surface area contributed by atoms with Crippen LogP contribution in [-0.2, 0) is 14.8 Å². The van der Waals surface area contributed by atoms with Gasteiger partial charge in [-0.1, -0.05) is 29.8 Å². The van der Waals surface area contributed by atoms with Crippen LogP contribution in [0.3, 0.4) is 0 Å². The molecule has 0 aliphatic carbocycles. The Kier molecular flexibility index (Phi) is 4.92. The molecule has 25 heavy (non-hydrogen) atoms. The average Bonchev–Trinajstić information content (AvgIpc) is 3.01.